The van der Waals surface area contributed by atoms with Crippen molar-refractivity contribution in [3.63, 3.8) is 0 Å². The van der Waals surface area contributed by atoms with Crippen molar-refractivity contribution in [3.05, 3.63) is 64.7 Å². The van der Waals surface area contributed by atoms with E-state index in [2.05, 4.69) is 19.1 Å². The number of rotatable bonds is 3. The van der Waals surface area contributed by atoms with Crippen LogP contribution in [0, 0.1) is 20.8 Å². The van der Waals surface area contributed by atoms with Gasteiger partial charge < -0.3 is 1.43 Å². The Morgan fingerprint density at radius 3 is 2.05 bits per heavy atom. The summed E-state index contributed by atoms with van der Waals surface area (Å²) in [5.74, 6) is 0. The minimum absolute atomic E-state index is 0. The van der Waals surface area contributed by atoms with Crippen LogP contribution in [0.1, 0.15) is 28.5 Å². The van der Waals surface area contributed by atoms with Gasteiger partial charge in [0, 0.05) is 5.56 Å². The van der Waals surface area contributed by atoms with Crippen LogP contribution in [0.15, 0.2) is 42.5 Å². The van der Waals surface area contributed by atoms with Crippen molar-refractivity contribution in [2.75, 3.05) is 0 Å². The fraction of sp³-hybridized carbons (Fsp3) is 0.188. The number of hydrogen-bond donors (Lipinski definition) is 0. The van der Waals surface area contributed by atoms with E-state index in [0.717, 1.165) is 22.0 Å². The van der Waals surface area contributed by atoms with Gasteiger partial charge in [-0.1, -0.05) is 48.0 Å². The molecule has 19 heavy (non-hydrogen) atoms. The van der Waals surface area contributed by atoms with E-state index in [1.807, 2.05) is 44.2 Å². The van der Waals surface area contributed by atoms with Crippen LogP contribution in [0.3, 0.4) is 0 Å². The van der Waals surface area contributed by atoms with Gasteiger partial charge in [0.15, 0.2) is 5.52 Å². The second kappa shape index (κ2) is 7.06. The van der Waals surface area contributed by atoms with Crippen molar-refractivity contribution < 1.29 is 25.1 Å². The number of benzene rings is 2. The van der Waals surface area contributed by atoms with Gasteiger partial charge in [-0.15, -0.1) is 0 Å². The molecule has 2 aromatic rings. The average Bonchev–Trinajstić information content (AvgIpc) is 2.28. The first-order chi connectivity index (χ1) is 8.58. The molecule has 0 fully saturated rings. The summed E-state index contributed by atoms with van der Waals surface area (Å²) in [4.78, 5) is 12.4. The van der Waals surface area contributed by atoms with E-state index in [-0.39, 0.29) is 34.4 Å². The van der Waals surface area contributed by atoms with Crippen molar-refractivity contribution in [3.8, 4) is 0 Å². The van der Waals surface area contributed by atoms with Gasteiger partial charge in [0.05, 0.1) is 0 Å². The van der Waals surface area contributed by atoms with E-state index < -0.39 is 0 Å². The fourth-order valence-corrected chi connectivity index (χ4v) is 3.39. The molecule has 0 aromatic heterocycles. The van der Waals surface area contributed by atoms with E-state index in [1.165, 1.54) is 5.56 Å². The first kappa shape index (κ1) is 16.2. The van der Waals surface area contributed by atoms with E-state index in [4.69, 9.17) is 0 Å². The van der Waals surface area contributed by atoms with Gasteiger partial charge in [0.1, 0.15) is 0 Å². The summed E-state index contributed by atoms with van der Waals surface area (Å²) in [6.07, 6.45) is 0. The quantitative estimate of drug-likeness (QED) is 0.594. The maximum atomic E-state index is 12.4. The summed E-state index contributed by atoms with van der Waals surface area (Å²) in [6, 6.07) is 14.1. The van der Waals surface area contributed by atoms with E-state index >= 15 is 0 Å². The van der Waals surface area contributed by atoms with Crippen molar-refractivity contribution in [1.82, 2.24) is 0 Å². The number of carbonyl (C=O) groups is 1. The van der Waals surface area contributed by atoms with Crippen LogP contribution in [0.5, 0.6) is 0 Å². The maximum absolute atomic E-state index is 12.4. The Kier molecular flexibility index (Phi) is 6.02. The summed E-state index contributed by atoms with van der Waals surface area (Å²) in [7, 11) is 0.206. The topological polar surface area (TPSA) is 17.1 Å². The molecule has 0 heterocycles. The average molecular weight is 264 g/mol. The van der Waals surface area contributed by atoms with Crippen molar-refractivity contribution in [2.45, 2.75) is 20.8 Å². The molecule has 0 aliphatic carbocycles. The second-order valence-electron chi connectivity index (χ2n) is 4.59. The SMILES string of the molecule is Cc1cc(C)c(C(=O)Pc2ccccc2)c(C)c1.[H-].[Li+]. The molecule has 94 valence electrons. The van der Waals surface area contributed by atoms with Gasteiger partial charge in [-0.25, -0.2) is 0 Å². The van der Waals surface area contributed by atoms with Crippen LogP contribution in [0.2, 0.25) is 0 Å². The molecular formula is C16H18LiOP. The Morgan fingerprint density at radius 2 is 1.53 bits per heavy atom. The van der Waals surface area contributed by atoms with Gasteiger partial charge in [0.25, 0.3) is 0 Å². The number of aryl methyl sites for hydroxylation is 3. The third kappa shape index (κ3) is 4.05. The summed E-state index contributed by atoms with van der Waals surface area (Å²) in [5, 5.41) is 1.10. The zero-order chi connectivity index (χ0) is 13.1. The Balaban J connectivity index is 0.00000180. The maximum Gasteiger partial charge on any atom is 1.00 e. The Bertz CT molecular complexity index is 561. The van der Waals surface area contributed by atoms with Crippen molar-refractivity contribution in [2.24, 2.45) is 0 Å². The largest absolute Gasteiger partial charge is 1.00 e. The number of hydrogen-bond acceptors (Lipinski definition) is 1. The summed E-state index contributed by atoms with van der Waals surface area (Å²) in [5.41, 5.74) is 4.51. The first-order valence-corrected chi connectivity index (χ1v) is 7.02. The molecule has 0 saturated heterocycles. The molecule has 0 saturated carbocycles. The van der Waals surface area contributed by atoms with Crippen LogP contribution < -0.4 is 24.2 Å². The Morgan fingerprint density at radius 1 is 1.00 bits per heavy atom. The van der Waals surface area contributed by atoms with Gasteiger partial charge in [-0.2, -0.15) is 0 Å². The molecule has 0 amide bonds. The normalized spacial score (nSPS) is 10.5. The van der Waals surface area contributed by atoms with Crippen molar-refractivity contribution in [1.29, 1.82) is 0 Å². The van der Waals surface area contributed by atoms with E-state index in [0.29, 0.717) is 0 Å². The fourth-order valence-electron chi connectivity index (χ4n) is 2.25. The van der Waals surface area contributed by atoms with Crippen LogP contribution in [0.25, 0.3) is 0 Å². The predicted molar refractivity (Wildman–Crippen MR) is 80.5 cm³/mol. The van der Waals surface area contributed by atoms with Crippen LogP contribution in [-0.4, -0.2) is 5.52 Å². The molecule has 1 atom stereocenters. The van der Waals surface area contributed by atoms with Gasteiger partial charge >= 0.3 is 18.9 Å². The molecule has 0 spiro atoms. The van der Waals surface area contributed by atoms with Crippen LogP contribution in [-0.2, 0) is 0 Å². The third-order valence-electron chi connectivity index (χ3n) is 2.94. The van der Waals surface area contributed by atoms with Gasteiger partial charge in [-0.3, -0.25) is 4.79 Å². The molecule has 0 N–H and O–H groups in total. The molecule has 3 heteroatoms. The molecule has 1 nitrogen and oxygen atoms in total. The van der Waals surface area contributed by atoms with E-state index in [9.17, 15) is 4.79 Å². The van der Waals surface area contributed by atoms with Gasteiger partial charge in [-0.05, 0) is 45.8 Å². The van der Waals surface area contributed by atoms with Gasteiger partial charge in [0.2, 0.25) is 0 Å². The Hall–Kier alpha value is -0.863. The van der Waals surface area contributed by atoms with E-state index in [1.54, 1.807) is 0 Å². The molecule has 0 aliphatic heterocycles. The number of carbonyl (C=O) groups excluding carboxylic acids is 1. The molecule has 0 radical (unpaired) electrons. The molecule has 2 aromatic carbocycles. The standard InChI is InChI=1S/C16H17OP.Li.H/c1-11-9-12(2)15(13(3)10-11)16(17)18-14-7-5-4-6-8-14;;/h4-10,18H,1-3H3;;/q;+1;-1. The minimum atomic E-state index is 0. The monoisotopic (exact) mass is 264 g/mol. The van der Waals surface area contributed by atoms with Crippen molar-refractivity contribution >= 4 is 19.4 Å². The molecule has 0 aliphatic rings. The molecular weight excluding hydrogens is 246 g/mol. The molecule has 2 rings (SSSR count). The second-order valence-corrected chi connectivity index (χ2v) is 5.88. The smallest absolute Gasteiger partial charge is 1.00 e. The van der Waals surface area contributed by atoms with Crippen LogP contribution >= 0.6 is 8.58 Å². The molecule has 1 unspecified atom stereocenters. The summed E-state index contributed by atoms with van der Waals surface area (Å²) < 4.78 is 0. The molecule has 0 bridgehead atoms. The van der Waals surface area contributed by atoms with Crippen LogP contribution in [0.4, 0.5) is 0 Å². The summed E-state index contributed by atoms with van der Waals surface area (Å²) >= 11 is 0. The third-order valence-corrected chi connectivity index (χ3v) is 4.03. The minimum Gasteiger partial charge on any atom is -1.00 e. The zero-order valence-corrected chi connectivity index (χ0v) is 12.9. The zero-order valence-electron chi connectivity index (χ0n) is 12.9. The predicted octanol–water partition coefficient (Wildman–Crippen LogP) is 0.873. The summed E-state index contributed by atoms with van der Waals surface area (Å²) in [6.45, 7) is 6.10. The Labute approximate surface area is 130 Å². The first-order valence-electron chi connectivity index (χ1n) is 6.02.